The number of esters is 1. The van der Waals surface area contributed by atoms with Crippen LogP contribution in [-0.2, 0) is 14.3 Å². The van der Waals surface area contributed by atoms with Gasteiger partial charge in [-0.05, 0) is 36.4 Å². The molecule has 2 N–H and O–H groups in total. The molecule has 0 saturated carbocycles. The van der Waals surface area contributed by atoms with Crippen LogP contribution in [0.1, 0.15) is 0 Å². The Morgan fingerprint density at radius 1 is 1.09 bits per heavy atom. The first-order valence-corrected chi connectivity index (χ1v) is 10.7. The fourth-order valence-electron chi connectivity index (χ4n) is 2.64. The lowest BCUT2D eigenvalue weighted by atomic mass is 10.2. The molecule has 9 nitrogen and oxygen atoms in total. The molecule has 3 amide bonds. The molecule has 0 aliphatic heterocycles. The molecule has 33 heavy (non-hydrogen) atoms. The van der Waals surface area contributed by atoms with Crippen LogP contribution in [-0.4, -0.2) is 51.6 Å². The van der Waals surface area contributed by atoms with Crippen LogP contribution in [0.15, 0.2) is 72.4 Å². The third-order valence-corrected chi connectivity index (χ3v) is 5.00. The van der Waals surface area contributed by atoms with E-state index in [1.165, 1.54) is 18.2 Å². The number of aromatic nitrogens is 3. The summed E-state index contributed by atoms with van der Waals surface area (Å²) in [5.74, 6) is -1.48. The summed E-state index contributed by atoms with van der Waals surface area (Å²) in [6, 6.07) is 14.4. The molecule has 1 heterocycles. The summed E-state index contributed by atoms with van der Waals surface area (Å²) in [7, 11) is 0. The summed E-state index contributed by atoms with van der Waals surface area (Å²) in [4.78, 5) is 35.2. The maximum Gasteiger partial charge on any atom is 0.321 e. The summed E-state index contributed by atoms with van der Waals surface area (Å²) in [6.45, 7) is 3.03. The van der Waals surface area contributed by atoms with Gasteiger partial charge >= 0.3 is 12.0 Å². The average molecular weight is 469 g/mol. The normalized spacial score (nSPS) is 10.3. The molecule has 0 aliphatic rings. The first-order valence-electron chi connectivity index (χ1n) is 9.71. The van der Waals surface area contributed by atoms with E-state index in [9.17, 15) is 18.8 Å². The van der Waals surface area contributed by atoms with Gasteiger partial charge in [-0.3, -0.25) is 19.5 Å². The number of ether oxygens (including phenoxy) is 1. The summed E-state index contributed by atoms with van der Waals surface area (Å²) in [5.41, 5.74) is 1.40. The van der Waals surface area contributed by atoms with Gasteiger partial charge in [0.05, 0.1) is 5.75 Å². The first-order chi connectivity index (χ1) is 16.0. The number of hydrogen-bond donors (Lipinski definition) is 2. The van der Waals surface area contributed by atoms with Crippen LogP contribution >= 0.6 is 11.8 Å². The molecule has 0 saturated heterocycles. The average Bonchev–Trinajstić information content (AvgIpc) is 3.25. The van der Waals surface area contributed by atoms with Gasteiger partial charge in [0.2, 0.25) is 0 Å². The summed E-state index contributed by atoms with van der Waals surface area (Å²) < 4.78 is 20.0. The van der Waals surface area contributed by atoms with E-state index in [1.807, 2.05) is 35.6 Å². The molecule has 3 aromatic rings. The number of halogens is 1. The molecular weight excluding hydrogens is 449 g/mol. The molecule has 0 aliphatic carbocycles. The molecule has 0 fully saturated rings. The molecule has 2 aromatic carbocycles. The Labute approximate surface area is 193 Å². The second kappa shape index (κ2) is 11.6. The van der Waals surface area contributed by atoms with Gasteiger partial charge in [-0.1, -0.05) is 36.0 Å². The van der Waals surface area contributed by atoms with Gasteiger partial charge in [0.15, 0.2) is 17.6 Å². The number of carbonyl (C=O) groups is 3. The van der Waals surface area contributed by atoms with Crippen LogP contribution < -0.4 is 10.6 Å². The molecule has 11 heteroatoms. The molecule has 0 radical (unpaired) electrons. The van der Waals surface area contributed by atoms with Gasteiger partial charge in [0.25, 0.3) is 5.91 Å². The van der Waals surface area contributed by atoms with E-state index in [1.54, 1.807) is 16.7 Å². The van der Waals surface area contributed by atoms with Crippen molar-refractivity contribution in [2.24, 2.45) is 0 Å². The van der Waals surface area contributed by atoms with Crippen molar-refractivity contribution in [3.63, 3.8) is 0 Å². The number of benzene rings is 2. The zero-order chi connectivity index (χ0) is 23.6. The Morgan fingerprint density at radius 3 is 2.52 bits per heavy atom. The highest BCUT2D eigenvalue weighted by Crippen LogP contribution is 2.28. The van der Waals surface area contributed by atoms with E-state index in [0.717, 1.165) is 17.4 Å². The van der Waals surface area contributed by atoms with Crippen molar-refractivity contribution >= 4 is 29.7 Å². The fraction of sp³-hybridized carbons (Fsp3) is 0.136. The highest BCUT2D eigenvalue weighted by atomic mass is 32.2. The third-order valence-electron chi connectivity index (χ3n) is 4.09. The van der Waals surface area contributed by atoms with Crippen molar-refractivity contribution in [1.82, 2.24) is 25.4 Å². The number of thioether (sulfide) groups is 1. The Bertz CT molecular complexity index is 1140. The van der Waals surface area contributed by atoms with Gasteiger partial charge in [-0.15, -0.1) is 16.8 Å². The largest absolute Gasteiger partial charge is 0.455 e. The van der Waals surface area contributed by atoms with Crippen LogP contribution in [0.4, 0.5) is 9.18 Å². The van der Waals surface area contributed by atoms with E-state index in [2.05, 4.69) is 22.1 Å². The van der Waals surface area contributed by atoms with Gasteiger partial charge < -0.3 is 10.1 Å². The number of urea groups is 1. The molecule has 3 rings (SSSR count). The number of carbonyl (C=O) groups excluding carboxylic acids is 3. The van der Waals surface area contributed by atoms with Crippen molar-refractivity contribution < 1.29 is 23.5 Å². The quantitative estimate of drug-likeness (QED) is 0.281. The molecule has 0 spiro atoms. The number of nitrogens with zero attached hydrogens (tertiary/aromatic N) is 3. The number of rotatable bonds is 9. The van der Waals surface area contributed by atoms with Crippen LogP contribution in [0.5, 0.6) is 0 Å². The second-order valence-corrected chi connectivity index (χ2v) is 7.42. The Balaban J connectivity index is 1.65. The minimum Gasteiger partial charge on any atom is -0.455 e. The minimum absolute atomic E-state index is 0.148. The van der Waals surface area contributed by atoms with Gasteiger partial charge in [-0.2, -0.15) is 0 Å². The lowest BCUT2D eigenvalue weighted by Gasteiger charge is -2.10. The standard InChI is InChI=1S/C22H20FN5O4S/c1-2-12-24-21(31)25-18(29)13-32-19(30)14-33-22-27-26-20(15-8-10-16(23)11-9-15)28(22)17-6-4-3-5-7-17/h2-11H,1,12-14H2,(H2,24,25,29,31). The number of para-hydroxylation sites is 1. The Kier molecular flexibility index (Phi) is 8.30. The predicted molar refractivity (Wildman–Crippen MR) is 120 cm³/mol. The molecular formula is C22H20FN5O4S. The second-order valence-electron chi connectivity index (χ2n) is 6.48. The predicted octanol–water partition coefficient (Wildman–Crippen LogP) is 2.72. The maximum atomic E-state index is 13.3. The summed E-state index contributed by atoms with van der Waals surface area (Å²) in [6.07, 6.45) is 1.46. The highest BCUT2D eigenvalue weighted by Gasteiger charge is 2.18. The maximum absolute atomic E-state index is 13.3. The van der Waals surface area contributed by atoms with E-state index in [-0.39, 0.29) is 18.1 Å². The van der Waals surface area contributed by atoms with Crippen LogP contribution in [0.25, 0.3) is 17.1 Å². The number of imide groups is 1. The van der Waals surface area contributed by atoms with Crippen molar-refractivity contribution in [3.8, 4) is 17.1 Å². The lowest BCUT2D eigenvalue weighted by Crippen LogP contribution is -2.41. The zero-order valence-corrected chi connectivity index (χ0v) is 18.2. The van der Waals surface area contributed by atoms with Gasteiger partial charge in [0.1, 0.15) is 5.82 Å². The minimum atomic E-state index is -0.763. The van der Waals surface area contributed by atoms with Crippen LogP contribution in [0.2, 0.25) is 0 Å². The van der Waals surface area contributed by atoms with E-state index in [4.69, 9.17) is 4.74 Å². The Hall–Kier alpha value is -3.99. The van der Waals surface area contributed by atoms with Crippen LogP contribution in [0, 0.1) is 5.82 Å². The van der Waals surface area contributed by atoms with Crippen molar-refractivity contribution in [3.05, 3.63) is 73.1 Å². The molecule has 170 valence electrons. The monoisotopic (exact) mass is 469 g/mol. The molecule has 0 unspecified atom stereocenters. The van der Waals surface area contributed by atoms with Gasteiger partial charge in [-0.25, -0.2) is 9.18 Å². The lowest BCUT2D eigenvalue weighted by molar-refractivity contribution is -0.145. The third kappa shape index (κ3) is 6.74. The van der Waals surface area contributed by atoms with E-state index < -0.39 is 24.5 Å². The van der Waals surface area contributed by atoms with Gasteiger partial charge in [0, 0.05) is 17.8 Å². The number of amides is 3. The zero-order valence-electron chi connectivity index (χ0n) is 17.4. The van der Waals surface area contributed by atoms with E-state index in [0.29, 0.717) is 16.5 Å². The topological polar surface area (TPSA) is 115 Å². The molecule has 0 bridgehead atoms. The highest BCUT2D eigenvalue weighted by molar-refractivity contribution is 7.99. The number of nitrogens with one attached hydrogen (secondary N) is 2. The fourth-order valence-corrected chi connectivity index (χ4v) is 3.39. The van der Waals surface area contributed by atoms with E-state index >= 15 is 0 Å². The molecule has 1 aromatic heterocycles. The van der Waals surface area contributed by atoms with Crippen LogP contribution in [0.3, 0.4) is 0 Å². The summed E-state index contributed by atoms with van der Waals surface area (Å²) in [5, 5.41) is 13.2. The van der Waals surface area contributed by atoms with Crippen molar-refractivity contribution in [2.45, 2.75) is 5.16 Å². The van der Waals surface area contributed by atoms with Crippen molar-refractivity contribution in [2.75, 3.05) is 18.9 Å². The smallest absolute Gasteiger partial charge is 0.321 e. The summed E-state index contributed by atoms with van der Waals surface area (Å²) >= 11 is 1.06. The molecule has 0 atom stereocenters. The first kappa shape index (κ1) is 23.7. The SMILES string of the molecule is C=CCNC(=O)NC(=O)COC(=O)CSc1nnc(-c2ccc(F)cc2)n1-c1ccccc1. The van der Waals surface area contributed by atoms with Crippen molar-refractivity contribution in [1.29, 1.82) is 0 Å². The number of hydrogen-bond acceptors (Lipinski definition) is 7. The Morgan fingerprint density at radius 2 is 1.82 bits per heavy atom.